The van der Waals surface area contributed by atoms with E-state index in [0.717, 1.165) is 45.0 Å². The maximum Gasteiger partial charge on any atom is 0.187 e. The Morgan fingerprint density at radius 1 is 1.32 bits per heavy atom. The van der Waals surface area contributed by atoms with Crippen LogP contribution in [0.3, 0.4) is 0 Å². The van der Waals surface area contributed by atoms with E-state index in [1.807, 2.05) is 6.07 Å². The highest BCUT2D eigenvalue weighted by atomic mass is 35.5. The molecule has 2 N–H and O–H groups in total. The Labute approximate surface area is 145 Å². The quantitative estimate of drug-likeness (QED) is 0.478. The van der Waals surface area contributed by atoms with Crippen LogP contribution in [-0.2, 0) is 4.74 Å². The summed E-state index contributed by atoms with van der Waals surface area (Å²) in [5.41, 5.74) is 3.62. The van der Waals surface area contributed by atoms with E-state index in [1.165, 1.54) is 0 Å². The first-order valence-corrected chi connectivity index (χ1v) is 8.13. The molecule has 0 spiro atoms. The highest BCUT2D eigenvalue weighted by Crippen LogP contribution is 2.21. The van der Waals surface area contributed by atoms with Gasteiger partial charge in [0.05, 0.1) is 29.5 Å². The van der Waals surface area contributed by atoms with Gasteiger partial charge in [-0.2, -0.15) is 5.10 Å². The van der Waals surface area contributed by atoms with Crippen LogP contribution in [0.15, 0.2) is 23.3 Å². The third-order valence-electron chi connectivity index (χ3n) is 3.14. The first kappa shape index (κ1) is 17.4. The van der Waals surface area contributed by atoms with E-state index in [1.54, 1.807) is 18.3 Å². The fraction of sp³-hybridized carbons (Fsp3) is 0.429. The lowest BCUT2D eigenvalue weighted by Gasteiger charge is -2.26. The molecule has 5 nitrogen and oxygen atoms in total. The highest BCUT2D eigenvalue weighted by Gasteiger charge is 2.09. The Hall–Kier alpha value is -0.920. The minimum Gasteiger partial charge on any atom is -0.379 e. The number of hydrogen-bond donors (Lipinski definition) is 2. The van der Waals surface area contributed by atoms with Gasteiger partial charge in [-0.25, -0.2) is 0 Å². The normalized spacial score (nSPS) is 15.9. The summed E-state index contributed by atoms with van der Waals surface area (Å²) in [4.78, 5) is 2.33. The highest BCUT2D eigenvalue weighted by molar-refractivity contribution is 7.80. The van der Waals surface area contributed by atoms with Crippen molar-refractivity contribution in [3.05, 3.63) is 33.8 Å². The summed E-state index contributed by atoms with van der Waals surface area (Å²) in [7, 11) is 0. The smallest absolute Gasteiger partial charge is 0.187 e. The summed E-state index contributed by atoms with van der Waals surface area (Å²) in [5, 5.41) is 8.69. The Kier molecular flexibility index (Phi) is 7.35. The molecule has 1 aromatic carbocycles. The molecule has 0 radical (unpaired) electrons. The van der Waals surface area contributed by atoms with Gasteiger partial charge in [0.15, 0.2) is 5.11 Å². The maximum atomic E-state index is 5.93. The van der Waals surface area contributed by atoms with Crippen LogP contribution in [0.4, 0.5) is 0 Å². The van der Waals surface area contributed by atoms with E-state index < -0.39 is 0 Å². The molecule has 1 aliphatic rings. The van der Waals surface area contributed by atoms with Crippen LogP contribution in [-0.4, -0.2) is 55.6 Å². The van der Waals surface area contributed by atoms with Crippen molar-refractivity contribution in [2.45, 2.75) is 0 Å². The van der Waals surface area contributed by atoms with Crippen LogP contribution in [0, 0.1) is 0 Å². The van der Waals surface area contributed by atoms with Crippen LogP contribution in [0.2, 0.25) is 10.0 Å². The van der Waals surface area contributed by atoms with Gasteiger partial charge >= 0.3 is 0 Å². The van der Waals surface area contributed by atoms with Crippen LogP contribution in [0.25, 0.3) is 0 Å². The summed E-state index contributed by atoms with van der Waals surface area (Å²) < 4.78 is 5.30. The summed E-state index contributed by atoms with van der Waals surface area (Å²) in [6.07, 6.45) is 1.64. The molecule has 0 bridgehead atoms. The average molecular weight is 361 g/mol. The largest absolute Gasteiger partial charge is 0.379 e. The summed E-state index contributed by atoms with van der Waals surface area (Å²) in [5.74, 6) is 0. The lowest BCUT2D eigenvalue weighted by Crippen LogP contribution is -2.42. The number of nitrogens with one attached hydrogen (secondary N) is 2. The van der Waals surface area contributed by atoms with Gasteiger partial charge in [-0.1, -0.05) is 29.3 Å². The molecule has 0 atom stereocenters. The van der Waals surface area contributed by atoms with Crippen molar-refractivity contribution >= 4 is 46.7 Å². The van der Waals surface area contributed by atoms with Crippen molar-refractivity contribution in [3.63, 3.8) is 0 Å². The molecule has 22 heavy (non-hydrogen) atoms. The zero-order valence-corrected chi connectivity index (χ0v) is 14.3. The molecule has 0 amide bonds. The fourth-order valence-electron chi connectivity index (χ4n) is 1.95. The Morgan fingerprint density at radius 2 is 2.09 bits per heavy atom. The van der Waals surface area contributed by atoms with Crippen molar-refractivity contribution in [2.75, 3.05) is 39.4 Å². The van der Waals surface area contributed by atoms with E-state index in [2.05, 4.69) is 20.7 Å². The van der Waals surface area contributed by atoms with Gasteiger partial charge in [0.25, 0.3) is 0 Å². The second-order valence-electron chi connectivity index (χ2n) is 4.75. The van der Waals surface area contributed by atoms with Crippen molar-refractivity contribution in [2.24, 2.45) is 5.10 Å². The van der Waals surface area contributed by atoms with E-state index in [-0.39, 0.29) is 0 Å². The van der Waals surface area contributed by atoms with Gasteiger partial charge in [-0.15, -0.1) is 0 Å². The predicted octanol–water partition coefficient (Wildman–Crippen LogP) is 2.12. The summed E-state index contributed by atoms with van der Waals surface area (Å²) in [6, 6.07) is 5.29. The Morgan fingerprint density at radius 3 is 2.82 bits per heavy atom. The average Bonchev–Trinajstić information content (AvgIpc) is 2.52. The number of halogens is 2. The number of nitrogens with zero attached hydrogens (tertiary/aromatic N) is 2. The van der Waals surface area contributed by atoms with Crippen LogP contribution in [0.1, 0.15) is 5.56 Å². The fourth-order valence-corrected chi connectivity index (χ4v) is 2.41. The van der Waals surface area contributed by atoms with E-state index >= 15 is 0 Å². The van der Waals surface area contributed by atoms with Gasteiger partial charge in [-0.3, -0.25) is 10.3 Å². The predicted molar refractivity (Wildman–Crippen MR) is 95.1 cm³/mol. The number of rotatable bonds is 5. The molecule has 0 unspecified atom stereocenters. The molecular formula is C14H18Cl2N4OS. The second-order valence-corrected chi connectivity index (χ2v) is 5.98. The molecule has 120 valence electrons. The number of benzene rings is 1. The lowest BCUT2D eigenvalue weighted by molar-refractivity contribution is 0.0389. The number of hydrogen-bond acceptors (Lipinski definition) is 4. The van der Waals surface area contributed by atoms with Crippen LogP contribution < -0.4 is 10.7 Å². The second kappa shape index (κ2) is 9.27. The molecule has 0 saturated carbocycles. The third kappa shape index (κ3) is 6.06. The van der Waals surface area contributed by atoms with E-state index in [4.69, 9.17) is 40.2 Å². The van der Waals surface area contributed by atoms with Crippen LogP contribution in [0.5, 0.6) is 0 Å². The van der Waals surface area contributed by atoms with Crippen molar-refractivity contribution < 1.29 is 4.74 Å². The molecule has 0 aromatic heterocycles. The van der Waals surface area contributed by atoms with Crippen molar-refractivity contribution in [1.29, 1.82) is 0 Å². The van der Waals surface area contributed by atoms with Crippen molar-refractivity contribution in [3.8, 4) is 0 Å². The summed E-state index contributed by atoms with van der Waals surface area (Å²) >= 11 is 16.9. The van der Waals surface area contributed by atoms with Crippen molar-refractivity contribution in [1.82, 2.24) is 15.6 Å². The number of ether oxygens (including phenoxy) is 1. The molecule has 1 saturated heterocycles. The third-order valence-corrected chi connectivity index (χ3v) is 4.12. The standard InChI is InChI=1S/C14H18Cl2N4OS/c15-12-2-1-11(9-13(12)16)10-18-19-14(22)17-3-4-20-5-7-21-8-6-20/h1-2,9-10H,3-8H2,(H2,17,19,22)/b18-10+. The van der Waals surface area contributed by atoms with Gasteiger partial charge < -0.3 is 10.1 Å². The molecule has 1 heterocycles. The maximum absolute atomic E-state index is 5.93. The first-order valence-electron chi connectivity index (χ1n) is 6.97. The molecule has 2 rings (SSSR count). The Bertz CT molecular complexity index is 536. The molecular weight excluding hydrogens is 343 g/mol. The number of thiocarbonyl (C=S) groups is 1. The minimum absolute atomic E-state index is 0.490. The minimum atomic E-state index is 0.490. The monoisotopic (exact) mass is 360 g/mol. The zero-order valence-electron chi connectivity index (χ0n) is 12.0. The molecule has 8 heteroatoms. The molecule has 0 aliphatic carbocycles. The number of hydrazone groups is 1. The zero-order chi connectivity index (χ0) is 15.8. The molecule has 1 aromatic rings. The topological polar surface area (TPSA) is 48.9 Å². The summed E-state index contributed by atoms with van der Waals surface area (Å²) in [6.45, 7) is 5.25. The number of morpholine rings is 1. The molecule has 1 aliphatic heterocycles. The molecule has 1 fully saturated rings. The SMILES string of the molecule is S=C(NCCN1CCOCC1)N/N=C/c1ccc(Cl)c(Cl)c1. The van der Waals surface area contributed by atoms with Gasteiger partial charge in [-0.05, 0) is 29.9 Å². The first-order chi connectivity index (χ1) is 10.6. The van der Waals surface area contributed by atoms with Gasteiger partial charge in [0, 0.05) is 26.2 Å². The van der Waals surface area contributed by atoms with E-state index in [0.29, 0.717) is 15.2 Å². The van der Waals surface area contributed by atoms with Gasteiger partial charge in [0.2, 0.25) is 0 Å². The van der Waals surface area contributed by atoms with E-state index in [9.17, 15) is 0 Å². The van der Waals surface area contributed by atoms with Crippen LogP contribution >= 0.6 is 35.4 Å². The lowest BCUT2D eigenvalue weighted by atomic mass is 10.2. The van der Waals surface area contributed by atoms with Gasteiger partial charge in [0.1, 0.15) is 0 Å². The Balaban J connectivity index is 1.66.